The molecule has 3 rings (SSSR count). The van der Waals surface area contributed by atoms with Crippen LogP contribution in [0.2, 0.25) is 0 Å². The van der Waals surface area contributed by atoms with Crippen molar-refractivity contribution in [1.29, 1.82) is 0 Å². The monoisotopic (exact) mass is 326 g/mol. The van der Waals surface area contributed by atoms with Gasteiger partial charge in [-0.1, -0.05) is 6.07 Å². The van der Waals surface area contributed by atoms with Gasteiger partial charge in [0, 0.05) is 47.8 Å². The third kappa shape index (κ3) is 2.63. The number of aliphatic hydroxyl groups is 1. The van der Waals surface area contributed by atoms with Crippen LogP contribution in [0, 0.1) is 10.1 Å². The molecule has 2 aromatic rings. The first-order chi connectivity index (χ1) is 11.4. The molecule has 1 aromatic heterocycles. The number of aromatic nitrogens is 1. The molecule has 1 amide bonds. The number of carbonyl (C=O) groups is 1. The molecule has 8 nitrogen and oxygen atoms in total. The fraction of sp³-hybridized carbons (Fsp3) is 0.188. The van der Waals surface area contributed by atoms with Gasteiger partial charge in [0.05, 0.1) is 4.92 Å². The smallest absolute Gasteiger partial charge is 0.276 e. The van der Waals surface area contributed by atoms with Gasteiger partial charge < -0.3 is 5.11 Å². The Kier molecular flexibility index (Phi) is 3.82. The van der Waals surface area contributed by atoms with E-state index in [2.05, 4.69) is 10.1 Å². The molecule has 0 bridgehead atoms. The summed E-state index contributed by atoms with van der Waals surface area (Å²) in [6, 6.07) is 8.49. The van der Waals surface area contributed by atoms with Gasteiger partial charge in [0.1, 0.15) is 0 Å². The van der Waals surface area contributed by atoms with Crippen molar-refractivity contribution in [1.82, 2.24) is 9.99 Å². The first-order valence-electron chi connectivity index (χ1n) is 7.18. The van der Waals surface area contributed by atoms with E-state index >= 15 is 0 Å². The van der Waals surface area contributed by atoms with Crippen molar-refractivity contribution in [3.05, 3.63) is 70.0 Å². The first-order valence-corrected chi connectivity index (χ1v) is 7.18. The molecule has 1 aliphatic heterocycles. The lowest BCUT2D eigenvalue weighted by molar-refractivity contribution is -0.384. The number of carbonyl (C=O) groups excluding carboxylic acids is 1. The highest BCUT2D eigenvalue weighted by molar-refractivity contribution is 5.98. The van der Waals surface area contributed by atoms with Gasteiger partial charge in [-0.05, 0) is 25.1 Å². The average Bonchev–Trinajstić information content (AvgIpc) is 2.91. The summed E-state index contributed by atoms with van der Waals surface area (Å²) in [5, 5.41) is 26.9. The van der Waals surface area contributed by atoms with Gasteiger partial charge in [-0.25, -0.2) is 0 Å². The molecule has 122 valence electrons. The van der Waals surface area contributed by atoms with E-state index in [4.69, 9.17) is 0 Å². The standard InChI is InChI=1S/C16H14N4O4/c1-11-9-16(22,13-3-2-8-17-10-13)19(18-11)15(21)12-4-6-14(7-5-12)20(23)24/h2-8,10,22H,9H2,1H3/t16-/m0/s1. The lowest BCUT2D eigenvalue weighted by atomic mass is 9.99. The lowest BCUT2D eigenvalue weighted by Gasteiger charge is -2.31. The van der Waals surface area contributed by atoms with E-state index in [0.29, 0.717) is 11.3 Å². The third-order valence-corrected chi connectivity index (χ3v) is 3.76. The Hall–Kier alpha value is -3.13. The number of non-ortho nitro benzene ring substituents is 1. The number of rotatable bonds is 3. The van der Waals surface area contributed by atoms with E-state index in [1.807, 2.05) is 0 Å². The van der Waals surface area contributed by atoms with E-state index in [1.54, 1.807) is 25.3 Å². The van der Waals surface area contributed by atoms with Gasteiger partial charge in [-0.2, -0.15) is 10.1 Å². The van der Waals surface area contributed by atoms with Gasteiger partial charge in [0.15, 0.2) is 5.72 Å². The first kappa shape index (κ1) is 15.8. The molecular weight excluding hydrogens is 312 g/mol. The normalized spacial score (nSPS) is 19.9. The van der Waals surface area contributed by atoms with Crippen LogP contribution in [0.3, 0.4) is 0 Å². The molecule has 0 fully saturated rings. The van der Waals surface area contributed by atoms with Gasteiger partial charge in [0.2, 0.25) is 0 Å². The molecule has 0 unspecified atom stereocenters. The van der Waals surface area contributed by atoms with Crippen molar-refractivity contribution in [3.8, 4) is 0 Å². The maximum absolute atomic E-state index is 12.7. The number of pyridine rings is 1. The molecule has 0 saturated heterocycles. The largest absolute Gasteiger partial charge is 0.365 e. The van der Waals surface area contributed by atoms with Crippen LogP contribution < -0.4 is 0 Å². The summed E-state index contributed by atoms with van der Waals surface area (Å²) in [6.07, 6.45) is 3.21. The summed E-state index contributed by atoms with van der Waals surface area (Å²) in [5.74, 6) is -0.548. The summed E-state index contributed by atoms with van der Waals surface area (Å²) in [7, 11) is 0. The predicted molar refractivity (Wildman–Crippen MR) is 85.1 cm³/mol. The Bertz CT molecular complexity index is 820. The van der Waals surface area contributed by atoms with Crippen LogP contribution in [0.5, 0.6) is 0 Å². The summed E-state index contributed by atoms with van der Waals surface area (Å²) >= 11 is 0. The van der Waals surface area contributed by atoms with Crippen LogP contribution in [0.15, 0.2) is 53.9 Å². The zero-order chi connectivity index (χ0) is 17.3. The van der Waals surface area contributed by atoms with Crippen LogP contribution in [0.1, 0.15) is 29.3 Å². The molecule has 8 heteroatoms. The molecule has 0 radical (unpaired) electrons. The number of amides is 1. The zero-order valence-corrected chi connectivity index (χ0v) is 12.8. The fourth-order valence-electron chi connectivity index (χ4n) is 2.61. The topological polar surface area (TPSA) is 109 Å². The molecule has 0 aliphatic carbocycles. The zero-order valence-electron chi connectivity index (χ0n) is 12.8. The van der Waals surface area contributed by atoms with E-state index in [1.165, 1.54) is 30.5 Å². The van der Waals surface area contributed by atoms with Crippen molar-refractivity contribution in [2.45, 2.75) is 19.1 Å². The van der Waals surface area contributed by atoms with Gasteiger partial charge in [-0.3, -0.25) is 19.9 Å². The molecule has 2 heterocycles. The number of hydrazone groups is 1. The van der Waals surface area contributed by atoms with Crippen molar-refractivity contribution in [3.63, 3.8) is 0 Å². The minimum Gasteiger partial charge on any atom is -0.365 e. The average molecular weight is 326 g/mol. The second kappa shape index (κ2) is 5.82. The molecule has 0 spiro atoms. The number of nitro groups is 1. The molecule has 1 atom stereocenters. The Balaban J connectivity index is 1.96. The Morgan fingerprint density at radius 3 is 2.62 bits per heavy atom. The third-order valence-electron chi connectivity index (χ3n) is 3.76. The predicted octanol–water partition coefficient (Wildman–Crippen LogP) is 2.06. The highest BCUT2D eigenvalue weighted by atomic mass is 16.6. The quantitative estimate of drug-likeness (QED) is 0.686. The maximum atomic E-state index is 12.7. The second-order valence-corrected chi connectivity index (χ2v) is 5.49. The number of hydrogen-bond donors (Lipinski definition) is 1. The summed E-state index contributed by atoms with van der Waals surface area (Å²) in [4.78, 5) is 26.9. The van der Waals surface area contributed by atoms with Crippen LogP contribution in [-0.2, 0) is 5.72 Å². The molecule has 0 saturated carbocycles. The Morgan fingerprint density at radius 1 is 1.33 bits per heavy atom. The van der Waals surface area contributed by atoms with E-state index in [9.17, 15) is 20.0 Å². The number of nitrogens with zero attached hydrogens (tertiary/aromatic N) is 4. The molecule has 1 N–H and O–H groups in total. The van der Waals surface area contributed by atoms with Crippen molar-refractivity contribution >= 4 is 17.3 Å². The Morgan fingerprint density at radius 2 is 2.04 bits per heavy atom. The van der Waals surface area contributed by atoms with Crippen molar-refractivity contribution in [2.75, 3.05) is 0 Å². The molecule has 1 aliphatic rings. The van der Waals surface area contributed by atoms with Crippen molar-refractivity contribution in [2.24, 2.45) is 5.10 Å². The minimum absolute atomic E-state index is 0.116. The number of benzene rings is 1. The molecule has 24 heavy (non-hydrogen) atoms. The summed E-state index contributed by atoms with van der Waals surface area (Å²) in [5.41, 5.74) is -0.508. The number of nitro benzene ring substituents is 1. The minimum atomic E-state index is -1.63. The van der Waals surface area contributed by atoms with Gasteiger partial charge >= 0.3 is 0 Å². The van der Waals surface area contributed by atoms with E-state index < -0.39 is 16.6 Å². The second-order valence-electron chi connectivity index (χ2n) is 5.49. The number of hydrogen-bond acceptors (Lipinski definition) is 6. The van der Waals surface area contributed by atoms with Crippen LogP contribution in [-0.4, -0.2) is 31.6 Å². The molecule has 1 aromatic carbocycles. The highest BCUT2D eigenvalue weighted by Gasteiger charge is 2.45. The van der Waals surface area contributed by atoms with Gasteiger partial charge in [0.25, 0.3) is 11.6 Å². The lowest BCUT2D eigenvalue weighted by Crippen LogP contribution is -2.43. The van der Waals surface area contributed by atoms with E-state index in [-0.39, 0.29) is 17.7 Å². The summed E-state index contributed by atoms with van der Waals surface area (Å²) in [6.45, 7) is 1.71. The molecular formula is C16H14N4O4. The highest BCUT2D eigenvalue weighted by Crippen LogP contribution is 2.36. The van der Waals surface area contributed by atoms with Crippen LogP contribution in [0.25, 0.3) is 0 Å². The Labute approximate surface area is 137 Å². The van der Waals surface area contributed by atoms with Crippen molar-refractivity contribution < 1.29 is 14.8 Å². The fourth-order valence-corrected chi connectivity index (χ4v) is 2.61. The summed E-state index contributed by atoms with van der Waals surface area (Å²) < 4.78 is 0. The van der Waals surface area contributed by atoms with Crippen LogP contribution in [0.4, 0.5) is 5.69 Å². The van der Waals surface area contributed by atoms with Crippen LogP contribution >= 0.6 is 0 Å². The maximum Gasteiger partial charge on any atom is 0.276 e. The van der Waals surface area contributed by atoms with E-state index in [0.717, 1.165) is 5.01 Å². The van der Waals surface area contributed by atoms with Gasteiger partial charge in [-0.15, -0.1) is 0 Å². The SMILES string of the molecule is CC1=NN(C(=O)c2ccc([N+](=O)[O-])cc2)[C@@](O)(c2cccnc2)C1.